The minimum atomic E-state index is 0.231. The highest BCUT2D eigenvalue weighted by atomic mass is 79.9. The summed E-state index contributed by atoms with van der Waals surface area (Å²) in [7, 11) is 0. The monoisotopic (exact) mass is 349 g/mol. The van der Waals surface area contributed by atoms with E-state index in [0.717, 1.165) is 10.2 Å². The molecule has 1 aromatic carbocycles. The van der Waals surface area contributed by atoms with Gasteiger partial charge in [-0.2, -0.15) is 0 Å². The van der Waals surface area contributed by atoms with Crippen LogP contribution in [0.15, 0.2) is 63.8 Å². The molecule has 19 heavy (non-hydrogen) atoms. The number of halogens is 1. The molecule has 0 atom stereocenters. The van der Waals surface area contributed by atoms with Gasteiger partial charge in [0, 0.05) is 19.9 Å². The van der Waals surface area contributed by atoms with Crippen molar-refractivity contribution in [2.45, 2.75) is 6.04 Å². The smallest absolute Gasteiger partial charge is 0.0953 e. The lowest BCUT2D eigenvalue weighted by Crippen LogP contribution is -2.09. The second kappa shape index (κ2) is 5.90. The van der Waals surface area contributed by atoms with Gasteiger partial charge in [-0.15, -0.1) is 22.7 Å². The summed E-state index contributed by atoms with van der Waals surface area (Å²) in [5.74, 6) is 0. The van der Waals surface area contributed by atoms with Gasteiger partial charge in [-0.3, -0.25) is 0 Å². The molecule has 0 unspecified atom stereocenters. The average molecular weight is 350 g/mol. The highest BCUT2D eigenvalue weighted by molar-refractivity contribution is 9.10. The van der Waals surface area contributed by atoms with Crippen molar-refractivity contribution in [1.82, 2.24) is 0 Å². The molecule has 0 aliphatic carbocycles. The summed E-state index contributed by atoms with van der Waals surface area (Å²) in [5, 5.41) is 7.86. The first kappa shape index (κ1) is 12.9. The van der Waals surface area contributed by atoms with Gasteiger partial charge in [0.15, 0.2) is 0 Å². The number of nitrogens with one attached hydrogen (secondary N) is 1. The maximum atomic E-state index is 3.62. The molecule has 0 saturated heterocycles. The number of thiophene rings is 2. The summed E-state index contributed by atoms with van der Waals surface area (Å²) in [6, 6.07) is 17.1. The summed E-state index contributed by atoms with van der Waals surface area (Å²) in [4.78, 5) is 2.67. The van der Waals surface area contributed by atoms with Gasteiger partial charge in [0.05, 0.1) is 6.04 Å². The van der Waals surface area contributed by atoms with E-state index in [0.29, 0.717) is 0 Å². The number of rotatable bonds is 4. The summed E-state index contributed by atoms with van der Waals surface area (Å²) in [6.45, 7) is 0. The molecule has 3 rings (SSSR count). The van der Waals surface area contributed by atoms with E-state index < -0.39 is 0 Å². The van der Waals surface area contributed by atoms with Crippen LogP contribution in [-0.4, -0.2) is 0 Å². The Kier molecular flexibility index (Phi) is 4.01. The predicted octanol–water partition coefficient (Wildman–Crippen LogP) is 5.77. The number of benzene rings is 1. The van der Waals surface area contributed by atoms with E-state index in [1.54, 1.807) is 22.7 Å². The lowest BCUT2D eigenvalue weighted by molar-refractivity contribution is 0.993. The number of hydrogen-bond acceptors (Lipinski definition) is 3. The van der Waals surface area contributed by atoms with E-state index in [-0.39, 0.29) is 6.04 Å². The van der Waals surface area contributed by atoms with Crippen LogP contribution in [0.1, 0.15) is 15.8 Å². The quantitative estimate of drug-likeness (QED) is 0.629. The molecule has 0 amide bonds. The Labute approximate surface area is 129 Å². The minimum Gasteiger partial charge on any atom is -0.373 e. The van der Waals surface area contributed by atoms with Gasteiger partial charge in [-0.05, 0) is 41.1 Å². The molecule has 0 aliphatic rings. The van der Waals surface area contributed by atoms with Crippen LogP contribution >= 0.6 is 38.6 Å². The first-order valence-electron chi connectivity index (χ1n) is 5.92. The maximum Gasteiger partial charge on any atom is 0.0953 e. The van der Waals surface area contributed by atoms with Gasteiger partial charge in [-0.25, -0.2) is 0 Å². The van der Waals surface area contributed by atoms with Crippen LogP contribution < -0.4 is 5.32 Å². The number of anilines is 1. The third-order valence-corrected chi connectivity index (χ3v) is 5.16. The molecule has 0 bridgehead atoms. The Bertz CT molecular complexity index is 598. The van der Waals surface area contributed by atoms with Crippen molar-refractivity contribution in [3.05, 3.63) is 73.5 Å². The SMILES string of the molecule is Brc1cccc(NC(c2cccs2)c2cccs2)c1. The maximum absolute atomic E-state index is 3.62. The molecule has 0 saturated carbocycles. The van der Waals surface area contributed by atoms with Crippen molar-refractivity contribution in [3.8, 4) is 0 Å². The van der Waals surface area contributed by atoms with Crippen molar-refractivity contribution in [1.29, 1.82) is 0 Å². The average Bonchev–Trinajstić information content (AvgIpc) is 3.10. The molecular formula is C15H12BrNS2. The van der Waals surface area contributed by atoms with Gasteiger partial charge < -0.3 is 5.32 Å². The molecule has 1 N–H and O–H groups in total. The predicted molar refractivity (Wildman–Crippen MR) is 88.2 cm³/mol. The zero-order chi connectivity index (χ0) is 13.1. The van der Waals surface area contributed by atoms with E-state index in [1.807, 2.05) is 12.1 Å². The Morgan fingerprint density at radius 1 is 0.895 bits per heavy atom. The van der Waals surface area contributed by atoms with Crippen molar-refractivity contribution >= 4 is 44.3 Å². The Morgan fingerprint density at radius 3 is 2.11 bits per heavy atom. The molecule has 0 aliphatic heterocycles. The molecule has 2 heterocycles. The Balaban J connectivity index is 1.92. The van der Waals surface area contributed by atoms with Gasteiger partial charge >= 0.3 is 0 Å². The minimum absolute atomic E-state index is 0.231. The fourth-order valence-corrected chi connectivity index (χ4v) is 4.00. The van der Waals surface area contributed by atoms with E-state index in [2.05, 4.69) is 68.4 Å². The highest BCUT2D eigenvalue weighted by Gasteiger charge is 2.16. The largest absolute Gasteiger partial charge is 0.373 e. The van der Waals surface area contributed by atoms with Crippen LogP contribution in [0.5, 0.6) is 0 Å². The summed E-state index contributed by atoms with van der Waals surface area (Å²) >= 11 is 7.09. The molecular weight excluding hydrogens is 338 g/mol. The van der Waals surface area contributed by atoms with Gasteiger partial charge in [0.1, 0.15) is 0 Å². The first-order chi connectivity index (χ1) is 9.33. The molecule has 96 valence electrons. The Hall–Kier alpha value is -1.10. The van der Waals surface area contributed by atoms with E-state index in [9.17, 15) is 0 Å². The van der Waals surface area contributed by atoms with E-state index in [1.165, 1.54) is 9.75 Å². The van der Waals surface area contributed by atoms with Crippen LogP contribution in [0.3, 0.4) is 0 Å². The molecule has 1 nitrogen and oxygen atoms in total. The van der Waals surface area contributed by atoms with Gasteiger partial charge in [0.25, 0.3) is 0 Å². The van der Waals surface area contributed by atoms with Crippen LogP contribution in [0.25, 0.3) is 0 Å². The fraction of sp³-hybridized carbons (Fsp3) is 0.0667. The zero-order valence-electron chi connectivity index (χ0n) is 10.0. The molecule has 0 radical (unpaired) electrons. The van der Waals surface area contributed by atoms with Gasteiger partial charge in [0.2, 0.25) is 0 Å². The molecule has 2 aromatic heterocycles. The second-order valence-corrected chi connectivity index (χ2v) is 6.99. The molecule has 0 spiro atoms. The molecule has 3 aromatic rings. The van der Waals surface area contributed by atoms with Crippen molar-refractivity contribution in [2.75, 3.05) is 5.32 Å². The normalized spacial score (nSPS) is 10.8. The lowest BCUT2D eigenvalue weighted by Gasteiger charge is -2.17. The van der Waals surface area contributed by atoms with E-state index in [4.69, 9.17) is 0 Å². The highest BCUT2D eigenvalue weighted by Crippen LogP contribution is 2.32. The van der Waals surface area contributed by atoms with Crippen LogP contribution in [0.4, 0.5) is 5.69 Å². The van der Waals surface area contributed by atoms with Crippen LogP contribution in [0, 0.1) is 0 Å². The summed E-state index contributed by atoms with van der Waals surface area (Å²) < 4.78 is 1.09. The standard InChI is InChI=1S/C15H12BrNS2/c16-11-4-1-5-12(10-11)17-15(13-6-2-8-18-13)14-7-3-9-19-14/h1-10,15,17H. The molecule has 4 heteroatoms. The topological polar surface area (TPSA) is 12.0 Å². The van der Waals surface area contributed by atoms with Gasteiger partial charge in [-0.1, -0.05) is 34.1 Å². The lowest BCUT2D eigenvalue weighted by atomic mass is 10.2. The Morgan fingerprint density at radius 2 is 1.58 bits per heavy atom. The second-order valence-electron chi connectivity index (χ2n) is 4.12. The van der Waals surface area contributed by atoms with E-state index >= 15 is 0 Å². The third-order valence-electron chi connectivity index (χ3n) is 2.79. The van der Waals surface area contributed by atoms with Crippen molar-refractivity contribution < 1.29 is 0 Å². The molecule has 0 fully saturated rings. The van der Waals surface area contributed by atoms with Crippen molar-refractivity contribution in [3.63, 3.8) is 0 Å². The third kappa shape index (κ3) is 3.08. The van der Waals surface area contributed by atoms with Crippen LogP contribution in [-0.2, 0) is 0 Å². The first-order valence-corrected chi connectivity index (χ1v) is 8.47. The summed E-state index contributed by atoms with van der Waals surface area (Å²) in [6.07, 6.45) is 0. The fourth-order valence-electron chi connectivity index (χ4n) is 1.94. The summed E-state index contributed by atoms with van der Waals surface area (Å²) in [5.41, 5.74) is 1.13. The van der Waals surface area contributed by atoms with Crippen molar-refractivity contribution in [2.24, 2.45) is 0 Å². The zero-order valence-corrected chi connectivity index (χ0v) is 13.3. The van der Waals surface area contributed by atoms with Crippen LogP contribution in [0.2, 0.25) is 0 Å². The number of hydrogen-bond donors (Lipinski definition) is 1.